The molecule has 1 rings (SSSR count). The number of nitrogens with zero attached hydrogens (tertiary/aromatic N) is 1. The molecule has 0 saturated heterocycles. The van der Waals surface area contributed by atoms with Gasteiger partial charge >= 0.3 is 21.4 Å². The summed E-state index contributed by atoms with van der Waals surface area (Å²) in [5, 5.41) is -5.09. The summed E-state index contributed by atoms with van der Waals surface area (Å²) in [5.74, 6) is -2.15. The van der Waals surface area contributed by atoms with E-state index in [0.29, 0.717) is 4.90 Å². The molecular weight excluding hydrogens is 259 g/mol. The average Bonchev–Trinajstić information content (AvgIpc) is 2.26. The number of benzene rings is 1. The summed E-state index contributed by atoms with van der Waals surface area (Å²) in [7, 11) is -5.35. The molecule has 1 aromatic rings. The zero-order valence-electron chi connectivity index (χ0n) is 8.60. The summed E-state index contributed by atoms with van der Waals surface area (Å²) in [5.41, 5.74) is 0.0285. The monoisotopic (exact) mass is 267 g/mol. The molecule has 4 nitrogen and oxygen atoms in total. The van der Waals surface area contributed by atoms with Crippen molar-refractivity contribution in [1.82, 2.24) is 0 Å². The molecule has 0 aromatic heterocycles. The Morgan fingerprint density at radius 2 is 1.71 bits per heavy atom. The maximum absolute atomic E-state index is 12.9. The van der Waals surface area contributed by atoms with E-state index >= 15 is 0 Å². The van der Waals surface area contributed by atoms with Gasteiger partial charge in [-0.3, -0.25) is 4.79 Å². The fraction of sp³-hybridized carbons (Fsp3) is 0.222. The second kappa shape index (κ2) is 4.36. The lowest BCUT2D eigenvalue weighted by Gasteiger charge is -2.20. The van der Waals surface area contributed by atoms with Gasteiger partial charge < -0.3 is 4.90 Å². The summed E-state index contributed by atoms with van der Waals surface area (Å²) in [6, 6.07) is 7.10. The molecule has 0 aliphatic heterocycles. The van der Waals surface area contributed by atoms with Crippen LogP contribution in [-0.2, 0) is 15.0 Å². The van der Waals surface area contributed by atoms with E-state index in [9.17, 15) is 25.9 Å². The van der Waals surface area contributed by atoms with E-state index in [1.807, 2.05) is 0 Å². The predicted molar refractivity (Wildman–Crippen MR) is 54.8 cm³/mol. The molecule has 0 bridgehead atoms. The van der Waals surface area contributed by atoms with Gasteiger partial charge in [-0.2, -0.15) is 17.2 Å². The van der Waals surface area contributed by atoms with Crippen molar-refractivity contribution in [1.29, 1.82) is 0 Å². The van der Waals surface area contributed by atoms with Crippen molar-refractivity contribution >= 4 is 21.8 Å². The number of carbonyl (C=O) groups excluding carboxylic acids is 1. The Kier molecular flexibility index (Phi) is 3.46. The van der Waals surface area contributed by atoms with Crippen molar-refractivity contribution in [2.24, 2.45) is 0 Å². The Labute approximate surface area is 95.9 Å². The highest BCUT2D eigenvalue weighted by Crippen LogP contribution is 2.27. The number of rotatable bonds is 3. The summed E-state index contributed by atoms with van der Waals surface area (Å²) in [6.07, 6.45) is 0. The zero-order valence-corrected chi connectivity index (χ0v) is 9.42. The fourth-order valence-corrected chi connectivity index (χ4v) is 1.41. The number of para-hydroxylation sites is 1. The molecule has 17 heavy (non-hydrogen) atoms. The van der Waals surface area contributed by atoms with Crippen molar-refractivity contribution in [2.45, 2.75) is 5.25 Å². The Balaban J connectivity index is 3.08. The number of halogens is 3. The lowest BCUT2D eigenvalue weighted by molar-refractivity contribution is -0.132. The first kappa shape index (κ1) is 13.5. The van der Waals surface area contributed by atoms with Crippen molar-refractivity contribution in [3.63, 3.8) is 0 Å². The minimum absolute atomic E-state index is 0.0285. The molecule has 0 unspecified atom stereocenters. The van der Waals surface area contributed by atoms with Gasteiger partial charge in [0.05, 0.1) is 0 Å². The van der Waals surface area contributed by atoms with Crippen LogP contribution >= 0.6 is 0 Å². The van der Waals surface area contributed by atoms with Crippen LogP contribution in [0.25, 0.3) is 0 Å². The van der Waals surface area contributed by atoms with Crippen LogP contribution in [0.3, 0.4) is 0 Å². The van der Waals surface area contributed by atoms with Gasteiger partial charge in [0.25, 0.3) is 0 Å². The lowest BCUT2D eigenvalue weighted by atomic mass is 10.3. The molecule has 0 spiro atoms. The Hall–Kier alpha value is -1.57. The van der Waals surface area contributed by atoms with Crippen LogP contribution in [0.5, 0.6) is 0 Å². The van der Waals surface area contributed by atoms with Crippen molar-refractivity contribution in [3.05, 3.63) is 30.3 Å². The highest BCUT2D eigenvalue weighted by molar-refractivity contribution is 7.88. The third-order valence-electron chi connectivity index (χ3n) is 2.00. The zero-order chi connectivity index (χ0) is 13.3. The van der Waals surface area contributed by atoms with Crippen LogP contribution in [0.1, 0.15) is 0 Å². The summed E-state index contributed by atoms with van der Waals surface area (Å²) in [6.45, 7) is 0. The van der Waals surface area contributed by atoms with E-state index in [0.717, 1.165) is 7.05 Å². The number of amides is 1. The van der Waals surface area contributed by atoms with Gasteiger partial charge in [0, 0.05) is 12.7 Å². The first-order valence-electron chi connectivity index (χ1n) is 4.33. The molecule has 94 valence electrons. The Morgan fingerprint density at radius 1 is 1.24 bits per heavy atom. The highest BCUT2D eigenvalue weighted by atomic mass is 32.3. The van der Waals surface area contributed by atoms with E-state index in [-0.39, 0.29) is 5.69 Å². The first-order valence-corrected chi connectivity index (χ1v) is 5.71. The van der Waals surface area contributed by atoms with Crippen LogP contribution in [0, 0.1) is 0 Å². The molecule has 1 aromatic carbocycles. The lowest BCUT2D eigenvalue weighted by Crippen LogP contribution is -2.45. The van der Waals surface area contributed by atoms with E-state index < -0.39 is 21.4 Å². The van der Waals surface area contributed by atoms with Gasteiger partial charge in [-0.25, -0.2) is 0 Å². The smallest absolute Gasteiger partial charge is 0.309 e. The molecule has 0 atom stereocenters. The van der Waals surface area contributed by atoms with Crippen LogP contribution in [0.15, 0.2) is 30.3 Å². The van der Waals surface area contributed by atoms with Crippen molar-refractivity contribution in [3.8, 4) is 0 Å². The average molecular weight is 267 g/mol. The molecular formula is C9H8F3NO3S. The number of hydrogen-bond donors (Lipinski definition) is 0. The normalized spacial score (nSPS) is 12.2. The van der Waals surface area contributed by atoms with Crippen LogP contribution in [0.2, 0.25) is 0 Å². The maximum atomic E-state index is 12.9. The third-order valence-corrected chi connectivity index (χ3v) is 2.79. The largest absolute Gasteiger partial charge is 0.451 e. The summed E-state index contributed by atoms with van der Waals surface area (Å²) < 4.78 is 58.4. The number of hydrogen-bond acceptors (Lipinski definition) is 3. The molecule has 1 amide bonds. The summed E-state index contributed by atoms with van der Waals surface area (Å²) in [4.78, 5) is 11.5. The van der Waals surface area contributed by atoms with E-state index in [1.165, 1.54) is 24.3 Å². The van der Waals surface area contributed by atoms with Crippen molar-refractivity contribution < 1.29 is 25.9 Å². The van der Waals surface area contributed by atoms with Crippen molar-refractivity contribution in [2.75, 3.05) is 11.9 Å². The number of carbonyl (C=O) groups is 1. The minimum Gasteiger partial charge on any atom is -0.309 e. The predicted octanol–water partition coefficient (Wildman–Crippen LogP) is 1.54. The molecule has 8 heteroatoms. The van der Waals surface area contributed by atoms with Crippen LogP contribution in [-0.4, -0.2) is 26.6 Å². The van der Waals surface area contributed by atoms with Gasteiger partial charge in [0.1, 0.15) is 0 Å². The fourth-order valence-electron chi connectivity index (χ4n) is 1.07. The summed E-state index contributed by atoms with van der Waals surface area (Å²) >= 11 is 0. The van der Waals surface area contributed by atoms with Gasteiger partial charge in [-0.1, -0.05) is 22.1 Å². The van der Waals surface area contributed by atoms with Crippen LogP contribution in [0.4, 0.5) is 18.4 Å². The Morgan fingerprint density at radius 3 is 2.12 bits per heavy atom. The second-order valence-corrected chi connectivity index (χ2v) is 4.54. The van der Waals surface area contributed by atoms with Gasteiger partial charge in [-0.15, -0.1) is 0 Å². The molecule has 0 heterocycles. The molecule has 0 saturated carbocycles. The van der Waals surface area contributed by atoms with Gasteiger partial charge in [-0.05, 0) is 12.1 Å². The van der Waals surface area contributed by atoms with Gasteiger partial charge in [0.2, 0.25) is 0 Å². The van der Waals surface area contributed by atoms with E-state index in [4.69, 9.17) is 0 Å². The van der Waals surface area contributed by atoms with Crippen LogP contribution < -0.4 is 4.90 Å². The quantitative estimate of drug-likeness (QED) is 0.781. The second-order valence-electron chi connectivity index (χ2n) is 3.15. The Bertz CT molecular complexity index is 516. The standard InChI is InChI=1S/C9H8F3NO3S/c1-13(7-5-3-2-4-6-7)8(14)9(10,11)17(12,15)16/h2-6H,1H3. The van der Waals surface area contributed by atoms with E-state index in [2.05, 4.69) is 0 Å². The third kappa shape index (κ3) is 2.57. The molecule has 0 radical (unpaired) electrons. The van der Waals surface area contributed by atoms with E-state index in [1.54, 1.807) is 6.07 Å². The molecule has 0 N–H and O–H groups in total. The first-order chi connectivity index (χ1) is 7.68. The topological polar surface area (TPSA) is 54.5 Å². The van der Waals surface area contributed by atoms with Gasteiger partial charge in [0.15, 0.2) is 0 Å². The number of alkyl halides is 2. The molecule has 0 fully saturated rings. The minimum atomic E-state index is -6.28. The number of anilines is 1. The maximum Gasteiger partial charge on any atom is 0.451 e. The molecule has 0 aliphatic carbocycles. The SMILES string of the molecule is CN(C(=O)C(F)(F)S(=O)(=O)F)c1ccccc1. The molecule has 0 aliphatic rings. The highest BCUT2D eigenvalue weighted by Gasteiger charge is 2.55.